The van der Waals surface area contributed by atoms with Gasteiger partial charge in [-0.15, -0.1) is 0 Å². The van der Waals surface area contributed by atoms with E-state index < -0.39 is 6.03 Å². The lowest BCUT2D eigenvalue weighted by Crippen LogP contribution is -2.32. The third-order valence-corrected chi connectivity index (χ3v) is 4.29. The van der Waals surface area contributed by atoms with Crippen LogP contribution in [0, 0.1) is 5.92 Å². The first-order chi connectivity index (χ1) is 12.5. The Morgan fingerprint density at radius 1 is 1.12 bits per heavy atom. The fraction of sp³-hybridized carbons (Fsp3) is 0.579. The molecular weight excluding hydrogens is 334 g/mol. The number of fused-ring (bicyclic) bond motifs is 1. The molecule has 0 bridgehead atoms. The Kier molecular flexibility index (Phi) is 7.56. The highest BCUT2D eigenvalue weighted by molar-refractivity contribution is 5.76. The van der Waals surface area contributed by atoms with Crippen LogP contribution in [0.25, 0.3) is 0 Å². The molecular formula is C19H29N3O4. The van der Waals surface area contributed by atoms with Crippen molar-refractivity contribution < 1.29 is 19.1 Å². The standard InChI is InChI=1S/C19H29N3O4/c1-13(2)18(14-7-8-15-16(12-14)26-11-10-25-15)22-17(23)6-4-3-5-9-21-19(20)24/h7-8,12-13,18H,3-6,9-11H2,1-2H3,(H,22,23)(H3,20,21,24)/t18-/m0/s1. The summed E-state index contributed by atoms with van der Waals surface area (Å²) in [7, 11) is 0. The van der Waals surface area contributed by atoms with Crippen molar-refractivity contribution in [1.29, 1.82) is 0 Å². The van der Waals surface area contributed by atoms with E-state index in [1.807, 2.05) is 18.2 Å². The van der Waals surface area contributed by atoms with Crippen LogP contribution in [0.3, 0.4) is 0 Å². The van der Waals surface area contributed by atoms with Gasteiger partial charge in [0, 0.05) is 13.0 Å². The number of primary amides is 1. The van der Waals surface area contributed by atoms with Gasteiger partial charge < -0.3 is 25.8 Å². The first-order valence-electron chi connectivity index (χ1n) is 9.19. The molecule has 1 aromatic rings. The Bertz CT molecular complexity index is 619. The SMILES string of the molecule is CC(C)[C@H](NC(=O)CCCCCNC(N)=O)c1ccc2c(c1)OCCO2. The summed E-state index contributed by atoms with van der Waals surface area (Å²) in [6.45, 7) is 5.81. The summed E-state index contributed by atoms with van der Waals surface area (Å²) < 4.78 is 11.2. The van der Waals surface area contributed by atoms with Gasteiger partial charge in [0.1, 0.15) is 13.2 Å². The molecule has 0 aliphatic carbocycles. The molecule has 1 atom stereocenters. The summed E-state index contributed by atoms with van der Waals surface area (Å²) in [5, 5.41) is 5.67. The normalized spacial score (nSPS) is 14.0. The minimum absolute atomic E-state index is 0.0291. The summed E-state index contributed by atoms with van der Waals surface area (Å²) in [6.07, 6.45) is 2.92. The van der Waals surface area contributed by atoms with Crippen LogP contribution in [0.15, 0.2) is 18.2 Å². The van der Waals surface area contributed by atoms with E-state index in [4.69, 9.17) is 15.2 Å². The van der Waals surface area contributed by atoms with Crippen molar-refractivity contribution >= 4 is 11.9 Å². The topological polar surface area (TPSA) is 103 Å². The van der Waals surface area contributed by atoms with Crippen molar-refractivity contribution in [2.24, 2.45) is 11.7 Å². The van der Waals surface area contributed by atoms with Crippen LogP contribution < -0.4 is 25.8 Å². The third-order valence-electron chi connectivity index (χ3n) is 4.29. The van der Waals surface area contributed by atoms with E-state index >= 15 is 0 Å². The monoisotopic (exact) mass is 363 g/mol. The van der Waals surface area contributed by atoms with Gasteiger partial charge >= 0.3 is 6.03 Å². The van der Waals surface area contributed by atoms with E-state index in [2.05, 4.69) is 24.5 Å². The van der Waals surface area contributed by atoms with Gasteiger partial charge in [-0.3, -0.25) is 4.79 Å². The minimum Gasteiger partial charge on any atom is -0.486 e. The van der Waals surface area contributed by atoms with E-state index in [1.54, 1.807) is 0 Å². The Labute approximate surface area is 154 Å². The van der Waals surface area contributed by atoms with Crippen LogP contribution in [-0.2, 0) is 4.79 Å². The number of urea groups is 1. The number of amides is 3. The van der Waals surface area contributed by atoms with Crippen LogP contribution in [-0.4, -0.2) is 31.7 Å². The molecule has 7 nitrogen and oxygen atoms in total. The zero-order chi connectivity index (χ0) is 18.9. The van der Waals surface area contributed by atoms with Crippen molar-refractivity contribution in [3.8, 4) is 11.5 Å². The Morgan fingerprint density at radius 2 is 1.85 bits per heavy atom. The second-order valence-corrected chi connectivity index (χ2v) is 6.79. The fourth-order valence-electron chi connectivity index (χ4n) is 2.93. The van der Waals surface area contributed by atoms with Crippen LogP contribution in [0.2, 0.25) is 0 Å². The molecule has 26 heavy (non-hydrogen) atoms. The van der Waals surface area contributed by atoms with Crippen LogP contribution in [0.5, 0.6) is 11.5 Å². The lowest BCUT2D eigenvalue weighted by Gasteiger charge is -2.25. The Morgan fingerprint density at radius 3 is 2.54 bits per heavy atom. The Hall–Kier alpha value is -2.44. The molecule has 144 valence electrons. The maximum absolute atomic E-state index is 12.3. The van der Waals surface area contributed by atoms with Crippen LogP contribution in [0.4, 0.5) is 4.79 Å². The molecule has 0 fully saturated rings. The molecule has 1 aliphatic rings. The fourth-order valence-corrected chi connectivity index (χ4v) is 2.93. The second-order valence-electron chi connectivity index (χ2n) is 6.79. The summed E-state index contributed by atoms with van der Waals surface area (Å²) in [6, 6.07) is 5.25. The number of benzene rings is 1. The smallest absolute Gasteiger partial charge is 0.312 e. The summed E-state index contributed by atoms with van der Waals surface area (Å²) >= 11 is 0. The van der Waals surface area contributed by atoms with E-state index in [0.29, 0.717) is 26.2 Å². The van der Waals surface area contributed by atoms with Crippen molar-refractivity contribution in [2.75, 3.05) is 19.8 Å². The molecule has 0 radical (unpaired) electrons. The molecule has 0 aromatic heterocycles. The number of rotatable bonds is 9. The highest BCUT2D eigenvalue weighted by atomic mass is 16.6. The zero-order valence-electron chi connectivity index (χ0n) is 15.5. The average Bonchev–Trinajstić information content (AvgIpc) is 2.61. The first-order valence-corrected chi connectivity index (χ1v) is 9.19. The molecule has 1 aromatic carbocycles. The molecule has 1 aliphatic heterocycles. The van der Waals surface area contributed by atoms with Crippen molar-refractivity contribution in [2.45, 2.75) is 45.6 Å². The van der Waals surface area contributed by atoms with E-state index in [9.17, 15) is 9.59 Å². The van der Waals surface area contributed by atoms with Gasteiger partial charge in [-0.1, -0.05) is 26.3 Å². The molecule has 0 spiro atoms. The quantitative estimate of drug-likeness (QED) is 0.587. The predicted molar refractivity (Wildman–Crippen MR) is 99.2 cm³/mol. The maximum Gasteiger partial charge on any atom is 0.312 e. The summed E-state index contributed by atoms with van der Waals surface area (Å²) in [5.41, 5.74) is 6.02. The highest BCUT2D eigenvalue weighted by Gasteiger charge is 2.21. The molecule has 3 amide bonds. The van der Waals surface area contributed by atoms with Gasteiger partial charge in [0.25, 0.3) is 0 Å². The predicted octanol–water partition coefficient (Wildman–Crippen LogP) is 2.50. The molecule has 0 saturated heterocycles. The van der Waals surface area contributed by atoms with Crippen LogP contribution in [0.1, 0.15) is 51.1 Å². The number of unbranched alkanes of at least 4 members (excludes halogenated alkanes) is 2. The van der Waals surface area contributed by atoms with Crippen LogP contribution >= 0.6 is 0 Å². The zero-order valence-corrected chi connectivity index (χ0v) is 15.5. The highest BCUT2D eigenvalue weighted by Crippen LogP contribution is 2.34. The lowest BCUT2D eigenvalue weighted by molar-refractivity contribution is -0.122. The second kappa shape index (κ2) is 9.89. The van der Waals surface area contributed by atoms with E-state index in [1.165, 1.54) is 0 Å². The van der Waals surface area contributed by atoms with E-state index in [-0.39, 0.29) is 17.9 Å². The van der Waals surface area contributed by atoms with Gasteiger partial charge in [-0.05, 0) is 36.5 Å². The molecule has 0 saturated carbocycles. The van der Waals surface area contributed by atoms with Gasteiger partial charge in [-0.2, -0.15) is 0 Å². The number of hydrogen-bond donors (Lipinski definition) is 3. The number of ether oxygens (including phenoxy) is 2. The number of nitrogens with one attached hydrogen (secondary N) is 2. The molecule has 2 rings (SSSR count). The van der Waals surface area contributed by atoms with Gasteiger partial charge in [0.2, 0.25) is 5.91 Å². The number of hydrogen-bond acceptors (Lipinski definition) is 4. The van der Waals surface area contributed by atoms with Gasteiger partial charge in [0.05, 0.1) is 6.04 Å². The summed E-state index contributed by atoms with van der Waals surface area (Å²) in [5.74, 6) is 1.76. The maximum atomic E-state index is 12.3. The van der Waals surface area contributed by atoms with E-state index in [0.717, 1.165) is 36.3 Å². The van der Waals surface area contributed by atoms with Gasteiger partial charge in [0.15, 0.2) is 11.5 Å². The molecule has 7 heteroatoms. The van der Waals surface area contributed by atoms with Crippen molar-refractivity contribution in [3.63, 3.8) is 0 Å². The minimum atomic E-state index is -0.512. The Balaban J connectivity index is 1.84. The first kappa shape index (κ1) is 19.9. The molecule has 0 unspecified atom stereocenters. The largest absolute Gasteiger partial charge is 0.486 e. The third kappa shape index (κ3) is 6.13. The number of carbonyl (C=O) groups is 2. The molecule has 1 heterocycles. The van der Waals surface area contributed by atoms with Crippen molar-refractivity contribution in [1.82, 2.24) is 10.6 Å². The van der Waals surface area contributed by atoms with Crippen molar-refractivity contribution in [3.05, 3.63) is 23.8 Å². The average molecular weight is 363 g/mol. The lowest BCUT2D eigenvalue weighted by atomic mass is 9.95. The number of nitrogens with two attached hydrogens (primary N) is 1. The summed E-state index contributed by atoms with van der Waals surface area (Å²) in [4.78, 5) is 22.9. The number of carbonyl (C=O) groups excluding carboxylic acids is 2. The van der Waals surface area contributed by atoms with Gasteiger partial charge in [-0.25, -0.2) is 4.79 Å². The molecule has 4 N–H and O–H groups in total.